The minimum atomic E-state index is 0.217. The average molecular weight is 308 g/mol. The lowest BCUT2D eigenvalue weighted by Crippen LogP contribution is -2.47. The number of piperidine rings is 1. The van der Waals surface area contributed by atoms with E-state index >= 15 is 0 Å². The van der Waals surface area contributed by atoms with Crippen molar-refractivity contribution in [2.45, 2.75) is 32.2 Å². The molecule has 0 aromatic heterocycles. The maximum Gasteiger partial charge on any atom is 0.226 e. The van der Waals surface area contributed by atoms with Crippen molar-refractivity contribution in [3.8, 4) is 0 Å². The van der Waals surface area contributed by atoms with E-state index in [1.807, 2.05) is 48.2 Å². The number of para-hydroxylation sites is 2. The van der Waals surface area contributed by atoms with Crippen LogP contribution in [0.3, 0.4) is 0 Å². The summed E-state index contributed by atoms with van der Waals surface area (Å²) in [5, 5.41) is 0. The maximum atomic E-state index is 12.5. The third-order valence-corrected chi connectivity index (χ3v) is 4.56. The van der Waals surface area contributed by atoms with Gasteiger partial charge < -0.3 is 9.80 Å². The monoisotopic (exact) mass is 308 g/mol. The largest absolute Gasteiger partial charge is 0.371 e. The SMILES string of the molecule is CCC(=O)N(c1ccccc1)C1CCN(c2ccccc2)CC1. The molecule has 2 aromatic carbocycles. The molecule has 0 aliphatic carbocycles. The molecule has 0 radical (unpaired) electrons. The van der Waals surface area contributed by atoms with Gasteiger partial charge in [0.25, 0.3) is 0 Å². The van der Waals surface area contributed by atoms with Gasteiger partial charge in [-0.15, -0.1) is 0 Å². The summed E-state index contributed by atoms with van der Waals surface area (Å²) >= 11 is 0. The normalized spacial score (nSPS) is 15.4. The molecular formula is C20H24N2O. The van der Waals surface area contributed by atoms with Crippen molar-refractivity contribution < 1.29 is 4.79 Å². The average Bonchev–Trinajstić information content (AvgIpc) is 2.64. The second-order valence-electron chi connectivity index (χ2n) is 6.01. The summed E-state index contributed by atoms with van der Waals surface area (Å²) in [6.45, 7) is 3.93. The van der Waals surface area contributed by atoms with Crippen LogP contribution in [-0.2, 0) is 4.79 Å². The van der Waals surface area contributed by atoms with Gasteiger partial charge in [0.1, 0.15) is 0 Å². The van der Waals surface area contributed by atoms with E-state index in [1.165, 1.54) is 5.69 Å². The molecule has 3 rings (SSSR count). The maximum absolute atomic E-state index is 12.5. The van der Waals surface area contributed by atoms with Crippen LogP contribution in [0.2, 0.25) is 0 Å². The number of rotatable bonds is 4. The van der Waals surface area contributed by atoms with Crippen LogP contribution >= 0.6 is 0 Å². The standard InChI is InChI=1S/C20H24N2O/c1-2-20(23)22(18-11-7-4-8-12-18)19-13-15-21(16-14-19)17-9-5-3-6-10-17/h3-12,19H,2,13-16H2,1H3. The fraction of sp³-hybridized carbons (Fsp3) is 0.350. The molecular weight excluding hydrogens is 284 g/mol. The Labute approximate surface area is 138 Å². The summed E-state index contributed by atoms with van der Waals surface area (Å²) in [5.41, 5.74) is 2.30. The first-order chi connectivity index (χ1) is 11.3. The Morgan fingerprint density at radius 3 is 2.13 bits per heavy atom. The van der Waals surface area contributed by atoms with Crippen LogP contribution < -0.4 is 9.80 Å². The Morgan fingerprint density at radius 1 is 1.00 bits per heavy atom. The van der Waals surface area contributed by atoms with Gasteiger partial charge in [-0.1, -0.05) is 43.3 Å². The van der Waals surface area contributed by atoms with E-state index in [0.717, 1.165) is 31.6 Å². The third-order valence-electron chi connectivity index (χ3n) is 4.56. The topological polar surface area (TPSA) is 23.6 Å². The lowest BCUT2D eigenvalue weighted by atomic mass is 10.0. The zero-order chi connectivity index (χ0) is 16.1. The summed E-state index contributed by atoms with van der Waals surface area (Å²) in [7, 11) is 0. The Kier molecular flexibility index (Phi) is 4.96. The first-order valence-electron chi connectivity index (χ1n) is 8.46. The van der Waals surface area contributed by atoms with Gasteiger partial charge in [-0.2, -0.15) is 0 Å². The van der Waals surface area contributed by atoms with Crippen molar-refractivity contribution >= 4 is 17.3 Å². The molecule has 23 heavy (non-hydrogen) atoms. The molecule has 0 bridgehead atoms. The lowest BCUT2D eigenvalue weighted by molar-refractivity contribution is -0.118. The van der Waals surface area contributed by atoms with Crippen molar-refractivity contribution in [2.75, 3.05) is 22.9 Å². The van der Waals surface area contributed by atoms with Crippen LogP contribution in [0.5, 0.6) is 0 Å². The summed E-state index contributed by atoms with van der Waals surface area (Å²) in [6.07, 6.45) is 2.57. The van der Waals surface area contributed by atoms with Gasteiger partial charge in [-0.3, -0.25) is 4.79 Å². The second kappa shape index (κ2) is 7.32. The molecule has 1 saturated heterocycles. The van der Waals surface area contributed by atoms with Crippen LogP contribution in [-0.4, -0.2) is 25.0 Å². The number of nitrogens with zero attached hydrogens (tertiary/aromatic N) is 2. The molecule has 3 heteroatoms. The second-order valence-corrected chi connectivity index (χ2v) is 6.01. The smallest absolute Gasteiger partial charge is 0.226 e. The molecule has 0 saturated carbocycles. The minimum Gasteiger partial charge on any atom is -0.371 e. The predicted molar refractivity (Wildman–Crippen MR) is 95.9 cm³/mol. The van der Waals surface area contributed by atoms with E-state index in [-0.39, 0.29) is 5.91 Å². The minimum absolute atomic E-state index is 0.217. The zero-order valence-electron chi connectivity index (χ0n) is 13.7. The fourth-order valence-electron chi connectivity index (χ4n) is 3.34. The molecule has 1 aliphatic heterocycles. The number of hydrogen-bond donors (Lipinski definition) is 0. The summed E-state index contributed by atoms with van der Waals surface area (Å²) in [4.78, 5) is 16.9. The van der Waals surface area contributed by atoms with Crippen LogP contribution in [0.4, 0.5) is 11.4 Å². The lowest BCUT2D eigenvalue weighted by Gasteiger charge is -2.39. The van der Waals surface area contributed by atoms with Crippen LogP contribution in [0, 0.1) is 0 Å². The van der Waals surface area contributed by atoms with Crippen molar-refractivity contribution in [1.29, 1.82) is 0 Å². The third kappa shape index (κ3) is 3.55. The van der Waals surface area contributed by atoms with Gasteiger partial charge in [0.2, 0.25) is 5.91 Å². The van der Waals surface area contributed by atoms with Crippen molar-refractivity contribution in [1.82, 2.24) is 0 Å². The molecule has 2 aromatic rings. The van der Waals surface area contributed by atoms with Crippen molar-refractivity contribution in [3.63, 3.8) is 0 Å². The van der Waals surface area contributed by atoms with E-state index < -0.39 is 0 Å². The fourth-order valence-corrected chi connectivity index (χ4v) is 3.34. The quantitative estimate of drug-likeness (QED) is 0.849. The Balaban J connectivity index is 1.72. The first kappa shape index (κ1) is 15.6. The van der Waals surface area contributed by atoms with Crippen LogP contribution in [0.25, 0.3) is 0 Å². The molecule has 120 valence electrons. The number of anilines is 2. The van der Waals surface area contributed by atoms with Crippen molar-refractivity contribution in [2.24, 2.45) is 0 Å². The summed E-state index contributed by atoms with van der Waals surface area (Å²) in [6, 6.07) is 20.9. The Morgan fingerprint density at radius 2 is 1.57 bits per heavy atom. The highest BCUT2D eigenvalue weighted by atomic mass is 16.2. The molecule has 3 nitrogen and oxygen atoms in total. The zero-order valence-corrected chi connectivity index (χ0v) is 13.7. The van der Waals surface area contributed by atoms with Crippen LogP contribution in [0.15, 0.2) is 60.7 Å². The summed E-state index contributed by atoms with van der Waals surface area (Å²) in [5.74, 6) is 0.217. The highest BCUT2D eigenvalue weighted by molar-refractivity contribution is 5.93. The highest BCUT2D eigenvalue weighted by Crippen LogP contribution is 2.26. The molecule has 1 aliphatic rings. The molecule has 1 fully saturated rings. The van der Waals surface area contributed by atoms with E-state index in [9.17, 15) is 4.79 Å². The number of carbonyl (C=O) groups excluding carboxylic acids is 1. The number of benzene rings is 2. The Hall–Kier alpha value is -2.29. The molecule has 0 atom stereocenters. The van der Waals surface area contributed by atoms with Gasteiger partial charge in [0.05, 0.1) is 0 Å². The van der Waals surface area contributed by atoms with Gasteiger partial charge in [-0.05, 0) is 37.1 Å². The van der Waals surface area contributed by atoms with Gasteiger partial charge in [0.15, 0.2) is 0 Å². The molecule has 0 unspecified atom stereocenters. The first-order valence-corrected chi connectivity index (χ1v) is 8.46. The van der Waals surface area contributed by atoms with Gasteiger partial charge in [0, 0.05) is 36.9 Å². The van der Waals surface area contributed by atoms with Gasteiger partial charge in [-0.25, -0.2) is 0 Å². The molecule has 0 spiro atoms. The molecule has 1 heterocycles. The van der Waals surface area contributed by atoms with Gasteiger partial charge >= 0.3 is 0 Å². The highest BCUT2D eigenvalue weighted by Gasteiger charge is 2.28. The van der Waals surface area contributed by atoms with Crippen molar-refractivity contribution in [3.05, 3.63) is 60.7 Å². The van der Waals surface area contributed by atoms with E-state index in [1.54, 1.807) is 0 Å². The molecule has 1 amide bonds. The number of amides is 1. The van der Waals surface area contributed by atoms with Crippen LogP contribution in [0.1, 0.15) is 26.2 Å². The van der Waals surface area contributed by atoms with E-state index in [4.69, 9.17) is 0 Å². The number of hydrogen-bond acceptors (Lipinski definition) is 2. The summed E-state index contributed by atoms with van der Waals surface area (Å²) < 4.78 is 0. The van der Waals surface area contributed by atoms with E-state index in [2.05, 4.69) is 29.2 Å². The predicted octanol–water partition coefficient (Wildman–Crippen LogP) is 4.10. The number of carbonyl (C=O) groups is 1. The Bertz CT molecular complexity index is 619. The van der Waals surface area contributed by atoms with E-state index in [0.29, 0.717) is 12.5 Å². The molecule has 0 N–H and O–H groups in total.